The van der Waals surface area contributed by atoms with Crippen molar-refractivity contribution in [2.24, 2.45) is 7.05 Å². The lowest BCUT2D eigenvalue weighted by atomic mass is 10.1. The van der Waals surface area contributed by atoms with Gasteiger partial charge in [0, 0.05) is 12.6 Å². The maximum Gasteiger partial charge on any atom is 0.0971 e. The van der Waals surface area contributed by atoms with Crippen LogP contribution in [0.3, 0.4) is 0 Å². The molecule has 0 N–H and O–H groups in total. The number of aryl methyl sites for hydroxylation is 2. The molecule has 60 valence electrons. The molecule has 0 amide bonds. The van der Waals surface area contributed by atoms with E-state index >= 15 is 0 Å². The zero-order valence-corrected chi connectivity index (χ0v) is 7.74. The van der Waals surface area contributed by atoms with E-state index in [4.69, 9.17) is 0 Å². The number of aromatic nitrogens is 2. The Morgan fingerprint density at radius 1 is 1.55 bits per heavy atom. The third-order valence-corrected chi connectivity index (χ3v) is 3.38. The van der Waals surface area contributed by atoms with Crippen LogP contribution < -0.4 is 0 Å². The van der Waals surface area contributed by atoms with Gasteiger partial charge in [0.1, 0.15) is 0 Å². The summed E-state index contributed by atoms with van der Waals surface area (Å²) in [4.78, 5) is 0. The highest BCUT2D eigenvalue weighted by Crippen LogP contribution is 2.30. The summed E-state index contributed by atoms with van der Waals surface area (Å²) in [5.74, 6) is 1.26. The van der Waals surface area contributed by atoms with Crippen LogP contribution in [0.2, 0.25) is 0 Å². The Morgan fingerprint density at radius 3 is 3.09 bits per heavy atom. The molecule has 0 saturated heterocycles. The highest BCUT2D eigenvalue weighted by molar-refractivity contribution is 7.99. The lowest BCUT2D eigenvalue weighted by molar-refractivity contribution is 0.682. The summed E-state index contributed by atoms with van der Waals surface area (Å²) in [6, 6.07) is 0. The van der Waals surface area contributed by atoms with Gasteiger partial charge in [-0.05, 0) is 25.5 Å². The molecule has 1 aromatic heterocycles. The average Bonchev–Trinajstić information content (AvgIpc) is 2.30. The van der Waals surface area contributed by atoms with Gasteiger partial charge in [0.15, 0.2) is 0 Å². The standard InChI is InChI=1S/C8H12N2S/c1-6-7-4-3-5-11-8(7)10(2)9-6/h3-5H2,1-2H3. The van der Waals surface area contributed by atoms with Crippen LogP contribution in [-0.2, 0) is 13.5 Å². The molecule has 1 aliphatic rings. The summed E-state index contributed by atoms with van der Waals surface area (Å²) in [6.45, 7) is 2.10. The van der Waals surface area contributed by atoms with Crippen LogP contribution in [0.4, 0.5) is 0 Å². The first-order valence-electron chi connectivity index (χ1n) is 3.94. The van der Waals surface area contributed by atoms with Crippen molar-refractivity contribution in [2.45, 2.75) is 24.8 Å². The van der Waals surface area contributed by atoms with Crippen molar-refractivity contribution in [3.63, 3.8) is 0 Å². The van der Waals surface area contributed by atoms with Crippen LogP contribution in [0, 0.1) is 6.92 Å². The van der Waals surface area contributed by atoms with E-state index in [0.717, 1.165) is 0 Å². The Labute approximate surface area is 71.0 Å². The lowest BCUT2D eigenvalue weighted by Gasteiger charge is -2.10. The van der Waals surface area contributed by atoms with Crippen molar-refractivity contribution in [2.75, 3.05) is 5.75 Å². The second-order valence-electron chi connectivity index (χ2n) is 2.94. The summed E-state index contributed by atoms with van der Waals surface area (Å²) in [5, 5.41) is 5.77. The quantitative estimate of drug-likeness (QED) is 0.587. The average molecular weight is 168 g/mol. The van der Waals surface area contributed by atoms with Crippen LogP contribution in [0.15, 0.2) is 5.03 Å². The second-order valence-corrected chi connectivity index (χ2v) is 4.03. The molecule has 0 aromatic carbocycles. The van der Waals surface area contributed by atoms with E-state index in [1.165, 1.54) is 34.9 Å². The summed E-state index contributed by atoms with van der Waals surface area (Å²) >= 11 is 1.94. The van der Waals surface area contributed by atoms with E-state index in [-0.39, 0.29) is 0 Å². The SMILES string of the molecule is Cc1nn(C)c2c1CCCS2. The van der Waals surface area contributed by atoms with Gasteiger partial charge in [-0.1, -0.05) is 0 Å². The molecule has 2 nitrogen and oxygen atoms in total. The highest BCUT2D eigenvalue weighted by Gasteiger charge is 2.16. The first-order valence-corrected chi connectivity index (χ1v) is 4.93. The van der Waals surface area contributed by atoms with Gasteiger partial charge in [-0.15, -0.1) is 11.8 Å². The molecule has 1 aromatic rings. The molecule has 3 heteroatoms. The molecule has 0 unspecified atom stereocenters. The zero-order chi connectivity index (χ0) is 7.84. The summed E-state index contributed by atoms with van der Waals surface area (Å²) in [5.41, 5.74) is 2.69. The van der Waals surface area contributed by atoms with Gasteiger partial charge < -0.3 is 0 Å². The molecule has 0 fully saturated rings. The summed E-state index contributed by atoms with van der Waals surface area (Å²) in [6.07, 6.45) is 2.53. The fourth-order valence-electron chi connectivity index (χ4n) is 1.57. The van der Waals surface area contributed by atoms with Crippen molar-refractivity contribution < 1.29 is 0 Å². The van der Waals surface area contributed by atoms with Gasteiger partial charge in [0.2, 0.25) is 0 Å². The Hall–Kier alpha value is -0.440. The maximum absolute atomic E-state index is 4.39. The van der Waals surface area contributed by atoms with Crippen LogP contribution >= 0.6 is 11.8 Å². The zero-order valence-electron chi connectivity index (χ0n) is 6.92. The van der Waals surface area contributed by atoms with Crippen molar-refractivity contribution >= 4 is 11.8 Å². The van der Waals surface area contributed by atoms with E-state index in [1.54, 1.807) is 0 Å². The van der Waals surface area contributed by atoms with Gasteiger partial charge >= 0.3 is 0 Å². The minimum atomic E-state index is 1.22. The van der Waals surface area contributed by atoms with Gasteiger partial charge in [-0.25, -0.2) is 0 Å². The number of thioether (sulfide) groups is 1. The Bertz CT molecular complexity index is 251. The number of rotatable bonds is 0. The Balaban J connectivity index is 2.52. The van der Waals surface area contributed by atoms with Gasteiger partial charge in [0.25, 0.3) is 0 Å². The molecule has 0 aliphatic carbocycles. The molecule has 11 heavy (non-hydrogen) atoms. The van der Waals surface area contributed by atoms with Crippen molar-refractivity contribution in [1.29, 1.82) is 0 Å². The topological polar surface area (TPSA) is 17.8 Å². The molecule has 2 rings (SSSR count). The van der Waals surface area contributed by atoms with Crippen LogP contribution in [0.5, 0.6) is 0 Å². The van der Waals surface area contributed by atoms with Crippen molar-refractivity contribution in [1.82, 2.24) is 9.78 Å². The van der Waals surface area contributed by atoms with E-state index in [9.17, 15) is 0 Å². The lowest BCUT2D eigenvalue weighted by Crippen LogP contribution is -2.00. The fourth-order valence-corrected chi connectivity index (χ4v) is 2.70. The van der Waals surface area contributed by atoms with Gasteiger partial charge in [-0.2, -0.15) is 5.10 Å². The number of hydrogen-bond acceptors (Lipinski definition) is 2. The molecular formula is C8H12N2S. The number of hydrogen-bond donors (Lipinski definition) is 0. The number of nitrogens with zero attached hydrogens (tertiary/aromatic N) is 2. The molecule has 1 aliphatic heterocycles. The van der Waals surface area contributed by atoms with E-state index in [2.05, 4.69) is 12.0 Å². The predicted molar refractivity (Wildman–Crippen MR) is 47.0 cm³/mol. The number of fused-ring (bicyclic) bond motifs is 1. The minimum absolute atomic E-state index is 1.22. The van der Waals surface area contributed by atoms with E-state index in [0.29, 0.717) is 0 Å². The Kier molecular flexibility index (Phi) is 1.68. The van der Waals surface area contributed by atoms with Crippen LogP contribution in [-0.4, -0.2) is 15.5 Å². The van der Waals surface area contributed by atoms with Crippen LogP contribution in [0.1, 0.15) is 17.7 Å². The molecule has 0 radical (unpaired) electrons. The largest absolute Gasteiger partial charge is 0.262 e. The van der Waals surface area contributed by atoms with Crippen molar-refractivity contribution in [3.05, 3.63) is 11.3 Å². The second kappa shape index (κ2) is 2.55. The Morgan fingerprint density at radius 2 is 2.36 bits per heavy atom. The first kappa shape index (κ1) is 7.22. The smallest absolute Gasteiger partial charge is 0.0971 e. The molecule has 0 spiro atoms. The molecule has 2 heterocycles. The molecule has 0 atom stereocenters. The van der Waals surface area contributed by atoms with Gasteiger partial charge in [-0.3, -0.25) is 4.68 Å². The van der Waals surface area contributed by atoms with Crippen molar-refractivity contribution in [3.8, 4) is 0 Å². The fraction of sp³-hybridized carbons (Fsp3) is 0.625. The normalized spacial score (nSPS) is 16.5. The van der Waals surface area contributed by atoms with Gasteiger partial charge in [0.05, 0.1) is 10.7 Å². The maximum atomic E-state index is 4.39. The monoisotopic (exact) mass is 168 g/mol. The van der Waals surface area contributed by atoms with E-state index in [1.807, 2.05) is 23.5 Å². The summed E-state index contributed by atoms with van der Waals surface area (Å²) in [7, 11) is 2.03. The third kappa shape index (κ3) is 1.07. The van der Waals surface area contributed by atoms with Crippen LogP contribution in [0.25, 0.3) is 0 Å². The first-order chi connectivity index (χ1) is 5.29. The molecular weight excluding hydrogens is 156 g/mol. The minimum Gasteiger partial charge on any atom is -0.262 e. The van der Waals surface area contributed by atoms with E-state index < -0.39 is 0 Å². The molecule has 0 bridgehead atoms. The third-order valence-electron chi connectivity index (χ3n) is 2.10. The summed E-state index contributed by atoms with van der Waals surface area (Å²) < 4.78 is 2.01. The molecule has 0 saturated carbocycles. The highest BCUT2D eigenvalue weighted by atomic mass is 32.2. The predicted octanol–water partition coefficient (Wildman–Crippen LogP) is 1.77.